The molecule has 2 N–H and O–H groups in total. The van der Waals surface area contributed by atoms with Crippen LogP contribution in [0.5, 0.6) is 0 Å². The molecule has 2 aromatic rings. The Morgan fingerprint density at radius 1 is 1.24 bits per heavy atom. The number of aliphatic hydroxyl groups is 1. The molecule has 0 saturated carbocycles. The third-order valence-corrected chi connectivity index (χ3v) is 4.81. The topological polar surface area (TPSA) is 78.8 Å². The highest BCUT2D eigenvalue weighted by atomic mass is 35.5. The number of hydrogen-bond donors (Lipinski definition) is 2. The number of hydrogen-bond acceptors (Lipinski definition) is 4. The van der Waals surface area contributed by atoms with Crippen LogP contribution in [0, 0.1) is 11.2 Å². The molecule has 1 amide bonds. The second-order valence-corrected chi connectivity index (χ2v) is 8.10. The Kier molecular flexibility index (Phi) is 5.84. The normalized spacial score (nSPS) is 16.3. The average Bonchev–Trinajstić information content (AvgIpc) is 2.63. The van der Waals surface area contributed by atoms with Gasteiger partial charge in [-0.1, -0.05) is 31.5 Å². The number of aliphatic hydroxyl groups excluding tert-OH is 1. The van der Waals surface area contributed by atoms with Gasteiger partial charge in [0.05, 0.1) is 16.3 Å². The van der Waals surface area contributed by atoms with Crippen molar-refractivity contribution in [1.29, 1.82) is 0 Å². The van der Waals surface area contributed by atoms with Gasteiger partial charge in [0.25, 0.3) is 5.91 Å². The standard InChI is InChI=1S/C22H20ClFN2O3/c1-22(2)10-19(27)16(20(28)11-22)12-25-14-5-3-4-13(8-14)21(29)26-15-6-7-18(24)17(23)9-15/h3-9,12,27H,10-11H2,1-2H3,(H,26,29). The molecular formula is C22H20ClFN2O3. The van der Waals surface area contributed by atoms with Crippen molar-refractivity contribution in [2.24, 2.45) is 10.4 Å². The third-order valence-electron chi connectivity index (χ3n) is 4.52. The predicted molar refractivity (Wildman–Crippen MR) is 112 cm³/mol. The van der Waals surface area contributed by atoms with E-state index in [-0.39, 0.29) is 27.6 Å². The smallest absolute Gasteiger partial charge is 0.255 e. The zero-order chi connectivity index (χ0) is 21.2. The molecule has 3 rings (SSSR count). The van der Waals surface area contributed by atoms with Crippen LogP contribution < -0.4 is 5.32 Å². The molecule has 0 aliphatic heterocycles. The van der Waals surface area contributed by atoms with Gasteiger partial charge in [-0.25, -0.2) is 4.39 Å². The van der Waals surface area contributed by atoms with Crippen LogP contribution >= 0.6 is 11.6 Å². The number of allylic oxidation sites excluding steroid dienone is 2. The maximum atomic E-state index is 13.2. The van der Waals surface area contributed by atoms with Gasteiger partial charge in [0.15, 0.2) is 5.78 Å². The molecule has 5 nitrogen and oxygen atoms in total. The number of Topliss-reactive ketones (excluding diaryl/α,β-unsaturated/α-hetero) is 1. The van der Waals surface area contributed by atoms with Gasteiger partial charge < -0.3 is 10.4 Å². The lowest BCUT2D eigenvalue weighted by molar-refractivity contribution is -0.117. The van der Waals surface area contributed by atoms with E-state index >= 15 is 0 Å². The molecule has 0 radical (unpaired) electrons. The number of nitrogens with one attached hydrogen (secondary N) is 1. The molecule has 0 unspecified atom stereocenters. The summed E-state index contributed by atoms with van der Waals surface area (Å²) in [5.74, 6) is -1.12. The number of halogens is 2. The van der Waals surface area contributed by atoms with Gasteiger partial charge in [-0.3, -0.25) is 14.6 Å². The van der Waals surface area contributed by atoms with Gasteiger partial charge in [0.1, 0.15) is 11.6 Å². The highest BCUT2D eigenvalue weighted by Crippen LogP contribution is 2.35. The quantitative estimate of drug-likeness (QED) is 0.636. The third kappa shape index (κ3) is 5.09. The second-order valence-electron chi connectivity index (χ2n) is 7.69. The van der Waals surface area contributed by atoms with E-state index in [1.807, 2.05) is 13.8 Å². The Balaban J connectivity index is 1.77. The number of carbonyl (C=O) groups excluding carboxylic acids is 2. The van der Waals surface area contributed by atoms with Crippen molar-refractivity contribution in [3.63, 3.8) is 0 Å². The van der Waals surface area contributed by atoms with Crippen molar-refractivity contribution < 1.29 is 19.1 Å². The van der Waals surface area contributed by atoms with Crippen molar-refractivity contribution in [1.82, 2.24) is 0 Å². The summed E-state index contributed by atoms with van der Waals surface area (Å²) in [5.41, 5.74) is 1.06. The van der Waals surface area contributed by atoms with E-state index in [1.54, 1.807) is 24.3 Å². The van der Waals surface area contributed by atoms with E-state index in [0.29, 0.717) is 29.8 Å². The average molecular weight is 415 g/mol. The largest absolute Gasteiger partial charge is 0.511 e. The molecule has 7 heteroatoms. The van der Waals surface area contributed by atoms with Crippen LogP contribution in [-0.2, 0) is 4.79 Å². The summed E-state index contributed by atoms with van der Waals surface area (Å²) in [5, 5.41) is 12.7. The molecular weight excluding hydrogens is 395 g/mol. The fourth-order valence-corrected chi connectivity index (χ4v) is 3.27. The number of amides is 1. The van der Waals surface area contributed by atoms with Gasteiger partial charge in [0.2, 0.25) is 0 Å². The first-order valence-corrected chi connectivity index (χ1v) is 9.38. The monoisotopic (exact) mass is 414 g/mol. The predicted octanol–water partition coefficient (Wildman–Crippen LogP) is 5.63. The summed E-state index contributed by atoms with van der Waals surface area (Å²) < 4.78 is 13.2. The number of anilines is 1. The Morgan fingerprint density at radius 2 is 2.00 bits per heavy atom. The zero-order valence-corrected chi connectivity index (χ0v) is 16.8. The lowest BCUT2D eigenvalue weighted by Gasteiger charge is -2.28. The highest BCUT2D eigenvalue weighted by molar-refractivity contribution is 6.31. The summed E-state index contributed by atoms with van der Waals surface area (Å²) in [6.45, 7) is 3.84. The number of nitrogens with zero attached hydrogens (tertiary/aromatic N) is 1. The van der Waals surface area contributed by atoms with Crippen LogP contribution in [0.3, 0.4) is 0 Å². The first kappa shape index (κ1) is 20.7. The molecule has 150 valence electrons. The highest BCUT2D eigenvalue weighted by Gasteiger charge is 2.32. The number of ketones is 1. The van der Waals surface area contributed by atoms with Crippen molar-refractivity contribution in [2.45, 2.75) is 26.7 Å². The molecule has 0 aromatic heterocycles. The van der Waals surface area contributed by atoms with E-state index in [0.717, 1.165) is 0 Å². The van der Waals surface area contributed by atoms with E-state index in [4.69, 9.17) is 11.6 Å². The van der Waals surface area contributed by atoms with Crippen LogP contribution in [0.25, 0.3) is 0 Å². The first-order chi connectivity index (χ1) is 13.6. The van der Waals surface area contributed by atoms with Gasteiger partial charge in [-0.05, 0) is 41.8 Å². The van der Waals surface area contributed by atoms with Crippen LogP contribution in [0.15, 0.2) is 58.8 Å². The molecule has 0 saturated heterocycles. The Morgan fingerprint density at radius 3 is 2.69 bits per heavy atom. The fourth-order valence-electron chi connectivity index (χ4n) is 3.09. The van der Waals surface area contributed by atoms with Gasteiger partial charge >= 0.3 is 0 Å². The molecule has 0 atom stereocenters. The number of carbonyl (C=O) groups is 2. The van der Waals surface area contributed by atoms with E-state index in [1.165, 1.54) is 24.4 Å². The van der Waals surface area contributed by atoms with Crippen molar-refractivity contribution in [3.8, 4) is 0 Å². The minimum absolute atomic E-state index is 0.0251. The number of aliphatic imine (C=N–C) groups is 1. The Labute approximate surface area is 172 Å². The molecule has 29 heavy (non-hydrogen) atoms. The summed E-state index contributed by atoms with van der Waals surface area (Å²) >= 11 is 5.73. The number of benzene rings is 2. The van der Waals surface area contributed by atoms with Crippen LogP contribution in [-0.4, -0.2) is 23.0 Å². The van der Waals surface area contributed by atoms with Crippen molar-refractivity contribution >= 4 is 40.9 Å². The Hall–Kier alpha value is -2.99. The summed E-state index contributed by atoms with van der Waals surface area (Å²) in [4.78, 5) is 28.9. The molecule has 0 heterocycles. The molecule has 0 spiro atoms. The van der Waals surface area contributed by atoms with Crippen LogP contribution in [0.4, 0.5) is 15.8 Å². The zero-order valence-electron chi connectivity index (χ0n) is 16.0. The molecule has 2 aromatic carbocycles. The van der Waals surface area contributed by atoms with Gasteiger partial charge in [0, 0.05) is 30.3 Å². The molecule has 1 aliphatic rings. The van der Waals surface area contributed by atoms with Crippen molar-refractivity contribution in [2.75, 3.05) is 5.32 Å². The molecule has 0 bridgehead atoms. The fraction of sp³-hybridized carbons (Fsp3) is 0.227. The molecule has 0 fully saturated rings. The Bertz CT molecular complexity index is 1040. The van der Waals surface area contributed by atoms with Crippen LogP contribution in [0.1, 0.15) is 37.0 Å². The van der Waals surface area contributed by atoms with E-state index < -0.39 is 11.7 Å². The summed E-state index contributed by atoms with van der Waals surface area (Å²) in [6, 6.07) is 10.4. The lowest BCUT2D eigenvalue weighted by Crippen LogP contribution is -2.26. The molecule has 1 aliphatic carbocycles. The number of rotatable bonds is 4. The van der Waals surface area contributed by atoms with Gasteiger partial charge in [-0.2, -0.15) is 0 Å². The van der Waals surface area contributed by atoms with Gasteiger partial charge in [-0.15, -0.1) is 0 Å². The van der Waals surface area contributed by atoms with E-state index in [9.17, 15) is 19.1 Å². The minimum atomic E-state index is -0.570. The maximum absolute atomic E-state index is 13.2. The summed E-state index contributed by atoms with van der Waals surface area (Å²) in [7, 11) is 0. The maximum Gasteiger partial charge on any atom is 0.255 e. The lowest BCUT2D eigenvalue weighted by atomic mass is 9.77. The minimum Gasteiger partial charge on any atom is -0.511 e. The summed E-state index contributed by atoms with van der Waals surface area (Å²) in [6.07, 6.45) is 2.08. The first-order valence-electron chi connectivity index (χ1n) is 9.00. The van der Waals surface area contributed by atoms with Crippen LogP contribution in [0.2, 0.25) is 5.02 Å². The second kappa shape index (κ2) is 8.17. The van der Waals surface area contributed by atoms with E-state index in [2.05, 4.69) is 10.3 Å². The van der Waals surface area contributed by atoms with Crippen molar-refractivity contribution in [3.05, 3.63) is 70.2 Å². The SMILES string of the molecule is CC1(C)CC(=O)C(C=Nc2cccc(C(=O)Nc3ccc(F)c(Cl)c3)c2)=C(O)C1.